The van der Waals surface area contributed by atoms with E-state index in [9.17, 15) is 0 Å². The third-order valence-corrected chi connectivity index (χ3v) is 4.89. The van der Waals surface area contributed by atoms with E-state index in [1.165, 1.54) is 44.9 Å². The van der Waals surface area contributed by atoms with Gasteiger partial charge in [0.05, 0.1) is 0 Å². The molecule has 0 aliphatic heterocycles. The van der Waals surface area contributed by atoms with E-state index in [1.54, 1.807) is 16.7 Å². The Labute approximate surface area is 117 Å². The van der Waals surface area contributed by atoms with Gasteiger partial charge in [0.2, 0.25) is 0 Å². The van der Waals surface area contributed by atoms with Crippen molar-refractivity contribution in [3.8, 4) is 0 Å². The highest BCUT2D eigenvalue weighted by atomic mass is 14.9. The zero-order valence-electron chi connectivity index (χ0n) is 12.0. The number of likely N-dealkylation sites (N-methyl/N-ethyl adjacent to an activating group) is 1. The van der Waals surface area contributed by atoms with E-state index in [4.69, 9.17) is 0 Å². The van der Waals surface area contributed by atoms with Crippen LogP contribution in [0.3, 0.4) is 0 Å². The molecule has 0 saturated carbocycles. The second-order valence-electron chi connectivity index (χ2n) is 6.06. The van der Waals surface area contributed by atoms with Crippen molar-refractivity contribution >= 4 is 0 Å². The molecule has 3 rings (SSSR count). The number of hydrogen-bond donors (Lipinski definition) is 1. The summed E-state index contributed by atoms with van der Waals surface area (Å²) < 4.78 is 0. The molecule has 0 saturated heterocycles. The third kappa shape index (κ3) is 2.76. The monoisotopic (exact) mass is 255 g/mol. The van der Waals surface area contributed by atoms with Gasteiger partial charge in [-0.2, -0.15) is 0 Å². The number of fused-ring (bicyclic) bond motifs is 1. The summed E-state index contributed by atoms with van der Waals surface area (Å²) in [5, 5.41) is 3.60. The van der Waals surface area contributed by atoms with Gasteiger partial charge >= 0.3 is 0 Å². The van der Waals surface area contributed by atoms with Crippen molar-refractivity contribution in [2.24, 2.45) is 5.92 Å². The van der Waals surface area contributed by atoms with Crippen molar-refractivity contribution in [2.75, 3.05) is 7.05 Å². The van der Waals surface area contributed by atoms with Gasteiger partial charge in [-0.1, -0.05) is 35.9 Å². The maximum absolute atomic E-state index is 3.60. The number of hydrogen-bond acceptors (Lipinski definition) is 1. The predicted octanol–water partition coefficient (Wildman–Crippen LogP) is 3.88. The van der Waals surface area contributed by atoms with Crippen LogP contribution < -0.4 is 5.32 Å². The van der Waals surface area contributed by atoms with Gasteiger partial charge in [-0.15, -0.1) is 0 Å². The minimum atomic E-state index is 0.605. The Morgan fingerprint density at radius 1 is 1.11 bits per heavy atom. The molecule has 1 heteroatoms. The number of rotatable bonds is 3. The number of benzene rings is 1. The lowest BCUT2D eigenvalue weighted by atomic mass is 9.76. The highest BCUT2D eigenvalue weighted by Crippen LogP contribution is 2.32. The molecule has 0 fully saturated rings. The largest absolute Gasteiger partial charge is 0.313 e. The zero-order chi connectivity index (χ0) is 13.1. The Kier molecular flexibility index (Phi) is 4.03. The average Bonchev–Trinajstić information content (AvgIpc) is 2.49. The van der Waals surface area contributed by atoms with Gasteiger partial charge < -0.3 is 5.32 Å². The summed E-state index contributed by atoms with van der Waals surface area (Å²) in [6.45, 7) is 0. The minimum absolute atomic E-state index is 0.605. The third-order valence-electron chi connectivity index (χ3n) is 4.89. The number of aryl methyl sites for hydroxylation is 1. The molecule has 2 aliphatic carbocycles. The van der Waals surface area contributed by atoms with E-state index in [0.717, 1.165) is 5.92 Å². The normalized spacial score (nSPS) is 24.5. The molecule has 19 heavy (non-hydrogen) atoms. The molecular formula is C18H25N. The maximum Gasteiger partial charge on any atom is 0.0308 e. The summed E-state index contributed by atoms with van der Waals surface area (Å²) in [7, 11) is 2.14. The Bertz CT molecular complexity index is 461. The smallest absolute Gasteiger partial charge is 0.0308 e. The van der Waals surface area contributed by atoms with Gasteiger partial charge in [-0.3, -0.25) is 0 Å². The molecular weight excluding hydrogens is 230 g/mol. The Hall–Kier alpha value is -1.08. The molecule has 1 aromatic carbocycles. The summed E-state index contributed by atoms with van der Waals surface area (Å²) in [5.41, 5.74) is 4.83. The molecule has 1 nitrogen and oxygen atoms in total. The van der Waals surface area contributed by atoms with E-state index in [1.807, 2.05) is 0 Å². The molecule has 102 valence electrons. The molecule has 0 bridgehead atoms. The predicted molar refractivity (Wildman–Crippen MR) is 81.4 cm³/mol. The standard InChI is InChI=1S/C18H25N/c1-19-18(15-8-3-2-4-9-15)17-12-11-14-7-5-6-10-16(14)13-17/h5-8,10,17-19H,2-4,9,11-13H2,1H3. The van der Waals surface area contributed by atoms with Gasteiger partial charge in [-0.25, -0.2) is 0 Å². The molecule has 0 heterocycles. The van der Waals surface area contributed by atoms with E-state index < -0.39 is 0 Å². The van der Waals surface area contributed by atoms with Crippen molar-refractivity contribution in [2.45, 2.75) is 51.0 Å². The van der Waals surface area contributed by atoms with Crippen molar-refractivity contribution in [1.82, 2.24) is 5.32 Å². The number of allylic oxidation sites excluding steroid dienone is 1. The van der Waals surface area contributed by atoms with E-state index >= 15 is 0 Å². The topological polar surface area (TPSA) is 12.0 Å². The van der Waals surface area contributed by atoms with Gasteiger partial charge in [0.15, 0.2) is 0 Å². The van der Waals surface area contributed by atoms with Crippen LogP contribution in [0.15, 0.2) is 35.9 Å². The summed E-state index contributed by atoms with van der Waals surface area (Å²) in [6.07, 6.45) is 11.7. The van der Waals surface area contributed by atoms with Crippen LogP contribution in [0.4, 0.5) is 0 Å². The average molecular weight is 255 g/mol. The molecule has 2 unspecified atom stereocenters. The highest BCUT2D eigenvalue weighted by molar-refractivity contribution is 5.31. The highest BCUT2D eigenvalue weighted by Gasteiger charge is 2.27. The first-order valence-corrected chi connectivity index (χ1v) is 7.81. The van der Waals surface area contributed by atoms with Gasteiger partial charge in [-0.05, 0) is 69.0 Å². The second-order valence-corrected chi connectivity index (χ2v) is 6.06. The summed E-state index contributed by atoms with van der Waals surface area (Å²) in [6, 6.07) is 9.60. The van der Waals surface area contributed by atoms with E-state index in [-0.39, 0.29) is 0 Å². The summed E-state index contributed by atoms with van der Waals surface area (Å²) in [4.78, 5) is 0. The SMILES string of the molecule is CNC(C1=CCCCC1)C1CCc2ccccc2C1. The Morgan fingerprint density at radius 2 is 1.95 bits per heavy atom. The fourth-order valence-electron chi connectivity index (χ4n) is 3.88. The first-order valence-electron chi connectivity index (χ1n) is 7.81. The molecule has 1 N–H and O–H groups in total. The van der Waals surface area contributed by atoms with Crippen LogP contribution in [0.25, 0.3) is 0 Å². The molecule has 1 aromatic rings. The molecule has 0 aromatic heterocycles. The summed E-state index contributed by atoms with van der Waals surface area (Å²) in [5.74, 6) is 0.782. The van der Waals surface area contributed by atoms with Crippen LogP contribution in [-0.4, -0.2) is 13.1 Å². The molecule has 0 radical (unpaired) electrons. The lowest BCUT2D eigenvalue weighted by Gasteiger charge is -2.34. The van der Waals surface area contributed by atoms with Crippen LogP contribution in [0.1, 0.15) is 43.2 Å². The second kappa shape index (κ2) is 5.92. The van der Waals surface area contributed by atoms with Gasteiger partial charge in [0.1, 0.15) is 0 Å². The van der Waals surface area contributed by atoms with Crippen molar-refractivity contribution < 1.29 is 0 Å². The van der Waals surface area contributed by atoms with E-state index in [0.29, 0.717) is 6.04 Å². The van der Waals surface area contributed by atoms with E-state index in [2.05, 4.69) is 42.7 Å². The lowest BCUT2D eigenvalue weighted by molar-refractivity contribution is 0.358. The van der Waals surface area contributed by atoms with Crippen LogP contribution >= 0.6 is 0 Å². The molecule has 0 amide bonds. The minimum Gasteiger partial charge on any atom is -0.313 e. The van der Waals surface area contributed by atoms with Crippen LogP contribution in [0.5, 0.6) is 0 Å². The Morgan fingerprint density at radius 3 is 2.68 bits per heavy atom. The fourth-order valence-corrected chi connectivity index (χ4v) is 3.88. The maximum atomic E-state index is 3.60. The van der Waals surface area contributed by atoms with Crippen LogP contribution in [-0.2, 0) is 12.8 Å². The zero-order valence-corrected chi connectivity index (χ0v) is 12.0. The summed E-state index contributed by atoms with van der Waals surface area (Å²) >= 11 is 0. The number of nitrogens with one attached hydrogen (secondary N) is 1. The Balaban J connectivity index is 1.77. The molecule has 2 atom stereocenters. The molecule has 0 spiro atoms. The quantitative estimate of drug-likeness (QED) is 0.808. The lowest BCUT2D eigenvalue weighted by Crippen LogP contribution is -2.38. The van der Waals surface area contributed by atoms with Crippen LogP contribution in [0, 0.1) is 5.92 Å². The van der Waals surface area contributed by atoms with Crippen molar-refractivity contribution in [3.05, 3.63) is 47.0 Å². The fraction of sp³-hybridized carbons (Fsp3) is 0.556. The van der Waals surface area contributed by atoms with Crippen molar-refractivity contribution in [3.63, 3.8) is 0 Å². The van der Waals surface area contributed by atoms with Crippen molar-refractivity contribution in [1.29, 1.82) is 0 Å². The molecule has 2 aliphatic rings. The first kappa shape index (κ1) is 12.9. The van der Waals surface area contributed by atoms with Gasteiger partial charge in [0, 0.05) is 6.04 Å². The van der Waals surface area contributed by atoms with Gasteiger partial charge in [0.25, 0.3) is 0 Å². The first-order chi connectivity index (χ1) is 9.38. The van der Waals surface area contributed by atoms with Crippen LogP contribution in [0.2, 0.25) is 0 Å².